The van der Waals surface area contributed by atoms with Gasteiger partial charge in [0.15, 0.2) is 0 Å². The lowest BCUT2D eigenvalue weighted by Gasteiger charge is -2.52. The molecule has 0 saturated carbocycles. The molecule has 2 bridgehead atoms. The summed E-state index contributed by atoms with van der Waals surface area (Å²) in [6.07, 6.45) is -1.16. The Morgan fingerprint density at radius 3 is 1.54 bits per heavy atom. The van der Waals surface area contributed by atoms with Gasteiger partial charge in [0, 0.05) is 8.95 Å². The largest absolute Gasteiger partial charge is 0.448 e. The Kier molecular flexibility index (Phi) is 5.09. The molecule has 2 aromatic rings. The highest BCUT2D eigenvalue weighted by Crippen LogP contribution is 2.54. The van der Waals surface area contributed by atoms with Crippen molar-refractivity contribution in [1.29, 1.82) is 0 Å². The summed E-state index contributed by atoms with van der Waals surface area (Å²) >= 11 is 7.05. The molecule has 2 unspecified atom stereocenters. The van der Waals surface area contributed by atoms with Crippen molar-refractivity contribution in [1.82, 2.24) is 10.0 Å². The van der Waals surface area contributed by atoms with Crippen molar-refractivity contribution in [3.63, 3.8) is 0 Å². The van der Waals surface area contributed by atoms with Crippen molar-refractivity contribution in [3.8, 4) is 0 Å². The molecule has 0 radical (unpaired) electrons. The van der Waals surface area contributed by atoms with Gasteiger partial charge in [-0.15, -0.1) is 0 Å². The highest BCUT2D eigenvalue weighted by Gasteiger charge is 2.52. The van der Waals surface area contributed by atoms with Crippen molar-refractivity contribution in [2.75, 3.05) is 13.2 Å². The maximum absolute atomic E-state index is 12.9. The molecule has 2 amide bonds. The van der Waals surface area contributed by atoms with Crippen molar-refractivity contribution < 1.29 is 19.1 Å². The molecule has 146 valence electrons. The number of hydrazine groups is 1. The Hall–Kier alpha value is -2.06. The Morgan fingerprint density at radius 1 is 0.786 bits per heavy atom. The summed E-state index contributed by atoms with van der Waals surface area (Å²) in [6, 6.07) is 10.9. The van der Waals surface area contributed by atoms with Crippen LogP contribution in [0.2, 0.25) is 0 Å². The van der Waals surface area contributed by atoms with Gasteiger partial charge in [0.1, 0.15) is 12.1 Å². The minimum absolute atomic E-state index is 0.210. The monoisotopic (exact) mass is 508 g/mol. The summed E-state index contributed by atoms with van der Waals surface area (Å²) in [5.41, 5.74) is 3.85. The van der Waals surface area contributed by atoms with Crippen LogP contribution in [0, 0.1) is 0 Å². The standard InChI is InChI=1S/C20H18Br2N2O4/c1-3-27-19(25)23-17-13-7-5-12(22)10-16(13)18(24(23)20(26)28-4-2)14-8-6-11(21)9-15(14)17/h5-10,17-18H,3-4H2,1-2H3. The van der Waals surface area contributed by atoms with Gasteiger partial charge in [-0.1, -0.05) is 44.0 Å². The SMILES string of the molecule is CCOC(=O)N1C2c3ccc(Br)cc3C(c3ccc(Br)cc32)N1C(=O)OCC. The maximum Gasteiger partial charge on any atom is 0.429 e. The predicted octanol–water partition coefficient (Wildman–Crippen LogP) is 5.55. The molecule has 6 nitrogen and oxygen atoms in total. The Balaban J connectivity index is 1.98. The summed E-state index contributed by atoms with van der Waals surface area (Å²) in [5.74, 6) is 0. The van der Waals surface area contributed by atoms with Crippen LogP contribution >= 0.6 is 31.9 Å². The second-order valence-corrected chi connectivity index (χ2v) is 8.27. The molecule has 2 aromatic carbocycles. The first-order valence-corrected chi connectivity index (χ1v) is 10.6. The van der Waals surface area contributed by atoms with E-state index in [2.05, 4.69) is 31.9 Å². The Morgan fingerprint density at radius 2 is 1.18 bits per heavy atom. The fourth-order valence-corrected chi connectivity index (χ4v) is 4.70. The lowest BCUT2D eigenvalue weighted by molar-refractivity contribution is -0.0710. The van der Waals surface area contributed by atoms with Gasteiger partial charge >= 0.3 is 12.2 Å². The molecule has 8 heteroatoms. The predicted molar refractivity (Wildman–Crippen MR) is 110 cm³/mol. The molecule has 0 saturated heterocycles. The quantitative estimate of drug-likeness (QED) is 0.532. The van der Waals surface area contributed by atoms with Crippen LogP contribution < -0.4 is 0 Å². The average Bonchev–Trinajstić information content (AvgIpc) is 2.67. The Labute approximate surface area is 179 Å². The molecule has 0 aromatic heterocycles. The second kappa shape index (κ2) is 7.40. The third kappa shape index (κ3) is 2.90. The third-order valence-electron chi connectivity index (χ3n) is 4.91. The number of hydrogen-bond donors (Lipinski definition) is 0. The van der Waals surface area contributed by atoms with Crippen LogP contribution in [-0.2, 0) is 9.47 Å². The van der Waals surface area contributed by atoms with E-state index >= 15 is 0 Å². The van der Waals surface area contributed by atoms with E-state index in [1.54, 1.807) is 13.8 Å². The third-order valence-corrected chi connectivity index (χ3v) is 5.89. The topological polar surface area (TPSA) is 59.1 Å². The van der Waals surface area contributed by atoms with Gasteiger partial charge in [-0.2, -0.15) is 0 Å². The number of carbonyl (C=O) groups excluding carboxylic acids is 2. The van der Waals surface area contributed by atoms with Crippen LogP contribution in [0.25, 0.3) is 0 Å². The van der Waals surface area contributed by atoms with Gasteiger partial charge < -0.3 is 9.47 Å². The molecule has 28 heavy (non-hydrogen) atoms. The number of halogens is 2. The molecule has 0 fully saturated rings. The van der Waals surface area contributed by atoms with E-state index in [9.17, 15) is 9.59 Å². The van der Waals surface area contributed by atoms with E-state index in [0.29, 0.717) is 0 Å². The van der Waals surface area contributed by atoms with Crippen molar-refractivity contribution in [2.45, 2.75) is 25.9 Å². The number of benzene rings is 2. The number of hydrogen-bond acceptors (Lipinski definition) is 4. The van der Waals surface area contributed by atoms with Crippen molar-refractivity contribution in [3.05, 3.63) is 67.6 Å². The molecule has 5 rings (SSSR count). The summed E-state index contributed by atoms with van der Waals surface area (Å²) in [4.78, 5) is 25.8. The number of fused-ring (bicyclic) bond motifs is 1. The van der Waals surface area contributed by atoms with E-state index < -0.39 is 24.3 Å². The van der Waals surface area contributed by atoms with Crippen molar-refractivity contribution in [2.24, 2.45) is 0 Å². The zero-order valence-electron chi connectivity index (χ0n) is 15.3. The molecular weight excluding hydrogens is 492 g/mol. The number of nitrogens with zero attached hydrogens (tertiary/aromatic N) is 2. The lowest BCUT2D eigenvalue weighted by atomic mass is 9.76. The van der Waals surface area contributed by atoms with Crippen LogP contribution in [0.1, 0.15) is 48.2 Å². The number of amides is 2. The van der Waals surface area contributed by atoms with Gasteiger partial charge in [0.2, 0.25) is 0 Å². The van der Waals surface area contributed by atoms with Crippen LogP contribution in [-0.4, -0.2) is 35.4 Å². The minimum atomic E-state index is -0.579. The van der Waals surface area contributed by atoms with E-state index in [0.717, 1.165) is 31.2 Å². The highest BCUT2D eigenvalue weighted by molar-refractivity contribution is 9.10. The molecule has 1 aliphatic carbocycles. The van der Waals surface area contributed by atoms with E-state index in [-0.39, 0.29) is 13.2 Å². The smallest absolute Gasteiger partial charge is 0.429 e. The first kappa shape index (κ1) is 19.3. The number of carbonyl (C=O) groups is 2. The van der Waals surface area contributed by atoms with E-state index in [1.807, 2.05) is 36.4 Å². The summed E-state index contributed by atoms with van der Waals surface area (Å²) in [6.45, 7) is 3.90. The molecular formula is C20H18Br2N2O4. The molecule has 2 atom stereocenters. The average molecular weight is 510 g/mol. The fraction of sp³-hybridized carbons (Fsp3) is 0.300. The van der Waals surface area contributed by atoms with E-state index in [4.69, 9.17) is 9.47 Å². The van der Waals surface area contributed by atoms with Gasteiger partial charge in [-0.25, -0.2) is 19.6 Å². The molecule has 0 spiro atoms. The number of rotatable bonds is 2. The first-order chi connectivity index (χ1) is 13.5. The van der Waals surface area contributed by atoms with Gasteiger partial charge in [0.25, 0.3) is 0 Å². The molecule has 2 aliphatic heterocycles. The maximum atomic E-state index is 12.9. The summed E-state index contributed by atoms with van der Waals surface area (Å²) in [5, 5.41) is 2.77. The van der Waals surface area contributed by atoms with Gasteiger partial charge in [0.05, 0.1) is 13.2 Å². The normalized spacial score (nSPS) is 19.1. The lowest BCUT2D eigenvalue weighted by Crippen LogP contribution is -2.59. The zero-order chi connectivity index (χ0) is 20.0. The second-order valence-electron chi connectivity index (χ2n) is 6.44. The minimum Gasteiger partial charge on any atom is -0.448 e. The molecule has 2 heterocycles. The fourth-order valence-electron chi connectivity index (χ4n) is 3.94. The van der Waals surface area contributed by atoms with Crippen LogP contribution in [0.5, 0.6) is 0 Å². The number of ether oxygens (including phenoxy) is 2. The van der Waals surface area contributed by atoms with Crippen LogP contribution in [0.4, 0.5) is 9.59 Å². The van der Waals surface area contributed by atoms with Crippen LogP contribution in [0.15, 0.2) is 45.3 Å². The molecule has 0 N–H and O–H groups in total. The molecule has 3 aliphatic rings. The summed E-state index contributed by atoms with van der Waals surface area (Å²) in [7, 11) is 0. The van der Waals surface area contributed by atoms with Crippen LogP contribution in [0.3, 0.4) is 0 Å². The van der Waals surface area contributed by atoms with Crippen molar-refractivity contribution >= 4 is 44.0 Å². The van der Waals surface area contributed by atoms with Gasteiger partial charge in [-0.05, 0) is 60.4 Å². The van der Waals surface area contributed by atoms with E-state index in [1.165, 1.54) is 10.0 Å². The first-order valence-electron chi connectivity index (χ1n) is 8.98. The summed E-state index contributed by atoms with van der Waals surface area (Å²) < 4.78 is 12.4. The zero-order valence-corrected chi connectivity index (χ0v) is 18.5. The Bertz CT molecular complexity index is 888. The highest BCUT2D eigenvalue weighted by atomic mass is 79.9. The van der Waals surface area contributed by atoms with Gasteiger partial charge in [-0.3, -0.25) is 0 Å².